The molecule has 0 N–H and O–H groups in total. The number of carbonyl (C=O) groups excluding carboxylic acids is 1. The number of allylic oxidation sites excluding steroid dienone is 1. The summed E-state index contributed by atoms with van der Waals surface area (Å²) in [6.07, 6.45) is 4.19. The van der Waals surface area contributed by atoms with E-state index in [4.69, 9.17) is 4.74 Å². The van der Waals surface area contributed by atoms with Gasteiger partial charge >= 0.3 is 0 Å². The van der Waals surface area contributed by atoms with E-state index in [2.05, 4.69) is 52.0 Å². The third kappa shape index (κ3) is 1.90. The van der Waals surface area contributed by atoms with Crippen molar-refractivity contribution >= 4 is 11.9 Å². The topological polar surface area (TPSA) is 26.3 Å². The van der Waals surface area contributed by atoms with Crippen molar-refractivity contribution < 1.29 is 9.53 Å². The van der Waals surface area contributed by atoms with E-state index in [1.165, 1.54) is 11.1 Å². The second-order valence-electron chi connectivity index (χ2n) is 6.61. The quantitative estimate of drug-likeness (QED) is 0.753. The summed E-state index contributed by atoms with van der Waals surface area (Å²) < 4.78 is 6.06. The molecular weight excluding hydrogens is 236 g/mol. The van der Waals surface area contributed by atoms with Gasteiger partial charge in [0.1, 0.15) is 17.6 Å². The molecule has 1 unspecified atom stereocenters. The standard InChI is InChI=1S/C17H20O2/c1-11-8-16(2,3)19-15-7-12(5-6-14(11)15)17(4)9-13(17)10-18/h5-8,10,13H,9H2,1-4H3/t13?,17-/m1/s1. The van der Waals surface area contributed by atoms with E-state index in [9.17, 15) is 4.79 Å². The highest BCUT2D eigenvalue weighted by molar-refractivity contribution is 5.73. The second kappa shape index (κ2) is 3.72. The maximum atomic E-state index is 11.0. The van der Waals surface area contributed by atoms with Crippen LogP contribution in [0, 0.1) is 5.92 Å². The van der Waals surface area contributed by atoms with Crippen LogP contribution in [-0.2, 0) is 10.2 Å². The van der Waals surface area contributed by atoms with Crippen LogP contribution in [-0.4, -0.2) is 11.9 Å². The number of carbonyl (C=O) groups is 1. The van der Waals surface area contributed by atoms with E-state index in [1.54, 1.807) is 0 Å². The SMILES string of the molecule is CC1=CC(C)(C)Oc2cc([C@@]3(C)CC3C=O)ccc21. The van der Waals surface area contributed by atoms with E-state index in [1.807, 2.05) is 0 Å². The lowest BCUT2D eigenvalue weighted by molar-refractivity contribution is -0.109. The van der Waals surface area contributed by atoms with Crippen LogP contribution in [0.3, 0.4) is 0 Å². The zero-order valence-corrected chi connectivity index (χ0v) is 12.0. The van der Waals surface area contributed by atoms with Crippen LogP contribution in [0.4, 0.5) is 0 Å². The molecule has 1 heterocycles. The number of aldehydes is 1. The Labute approximate surface area is 114 Å². The van der Waals surface area contributed by atoms with Gasteiger partial charge < -0.3 is 9.53 Å². The lowest BCUT2D eigenvalue weighted by Crippen LogP contribution is -2.28. The normalized spacial score (nSPS) is 30.9. The Morgan fingerprint density at radius 2 is 2.05 bits per heavy atom. The molecule has 0 saturated heterocycles. The van der Waals surface area contributed by atoms with Crippen LogP contribution in [0.2, 0.25) is 0 Å². The number of ether oxygens (including phenoxy) is 1. The zero-order valence-electron chi connectivity index (χ0n) is 12.0. The Bertz CT molecular complexity index is 583. The summed E-state index contributed by atoms with van der Waals surface area (Å²) in [7, 11) is 0. The molecule has 0 spiro atoms. The molecule has 1 aliphatic carbocycles. The van der Waals surface area contributed by atoms with Crippen LogP contribution < -0.4 is 4.74 Å². The largest absolute Gasteiger partial charge is 0.483 e. The van der Waals surface area contributed by atoms with Crippen molar-refractivity contribution in [1.82, 2.24) is 0 Å². The first-order valence-corrected chi connectivity index (χ1v) is 6.84. The van der Waals surface area contributed by atoms with Crippen molar-refractivity contribution in [3.63, 3.8) is 0 Å². The second-order valence-corrected chi connectivity index (χ2v) is 6.61. The molecule has 2 nitrogen and oxygen atoms in total. The van der Waals surface area contributed by atoms with E-state index in [0.29, 0.717) is 0 Å². The van der Waals surface area contributed by atoms with Gasteiger partial charge in [0.2, 0.25) is 0 Å². The number of fused-ring (bicyclic) bond motifs is 1. The number of benzene rings is 1. The highest BCUT2D eigenvalue weighted by Crippen LogP contribution is 2.54. The first kappa shape index (κ1) is 12.5. The molecule has 2 atom stereocenters. The highest BCUT2D eigenvalue weighted by atomic mass is 16.5. The fourth-order valence-corrected chi connectivity index (χ4v) is 3.13. The predicted octanol–water partition coefficient (Wildman–Crippen LogP) is 3.74. The minimum Gasteiger partial charge on any atom is -0.483 e. The fourth-order valence-electron chi connectivity index (χ4n) is 3.13. The minimum absolute atomic E-state index is 0.0132. The van der Waals surface area contributed by atoms with Crippen molar-refractivity contribution in [2.24, 2.45) is 5.92 Å². The molecule has 0 bridgehead atoms. The van der Waals surface area contributed by atoms with Gasteiger partial charge in [0, 0.05) is 16.9 Å². The van der Waals surface area contributed by atoms with E-state index >= 15 is 0 Å². The van der Waals surface area contributed by atoms with Crippen molar-refractivity contribution in [2.45, 2.75) is 45.1 Å². The van der Waals surface area contributed by atoms with Gasteiger partial charge in [0.15, 0.2) is 0 Å². The van der Waals surface area contributed by atoms with Gasteiger partial charge in [-0.25, -0.2) is 0 Å². The summed E-state index contributed by atoms with van der Waals surface area (Å²) in [6, 6.07) is 6.38. The molecule has 0 amide bonds. The average molecular weight is 256 g/mol. The molecule has 2 aliphatic rings. The smallest absolute Gasteiger partial charge is 0.128 e. The molecule has 1 aromatic carbocycles. The molecule has 1 saturated carbocycles. The molecule has 0 aromatic heterocycles. The van der Waals surface area contributed by atoms with Crippen LogP contribution in [0.1, 0.15) is 45.2 Å². The van der Waals surface area contributed by atoms with Crippen LogP contribution in [0.5, 0.6) is 5.75 Å². The maximum absolute atomic E-state index is 11.0. The van der Waals surface area contributed by atoms with Crippen molar-refractivity contribution in [1.29, 1.82) is 0 Å². The van der Waals surface area contributed by atoms with Crippen molar-refractivity contribution in [3.8, 4) is 5.75 Å². The van der Waals surface area contributed by atoms with Crippen LogP contribution in [0.25, 0.3) is 5.57 Å². The third-order valence-corrected chi connectivity index (χ3v) is 4.47. The van der Waals surface area contributed by atoms with Crippen molar-refractivity contribution in [2.75, 3.05) is 0 Å². The molecule has 19 heavy (non-hydrogen) atoms. The fraction of sp³-hybridized carbons (Fsp3) is 0.471. The first-order chi connectivity index (χ1) is 8.86. The Balaban J connectivity index is 2.02. The van der Waals surface area contributed by atoms with Crippen LogP contribution >= 0.6 is 0 Å². The molecule has 1 fully saturated rings. The third-order valence-electron chi connectivity index (χ3n) is 4.47. The minimum atomic E-state index is -0.260. The van der Waals surface area contributed by atoms with Crippen molar-refractivity contribution in [3.05, 3.63) is 35.4 Å². The predicted molar refractivity (Wildman–Crippen MR) is 76.3 cm³/mol. The van der Waals surface area contributed by atoms with Gasteiger partial charge in [0.05, 0.1) is 0 Å². The summed E-state index contributed by atoms with van der Waals surface area (Å²) in [5, 5.41) is 0. The van der Waals surface area contributed by atoms with Gasteiger partial charge in [0.25, 0.3) is 0 Å². The van der Waals surface area contributed by atoms with Gasteiger partial charge in [-0.3, -0.25) is 0 Å². The first-order valence-electron chi connectivity index (χ1n) is 6.84. The van der Waals surface area contributed by atoms with Gasteiger partial charge in [-0.2, -0.15) is 0 Å². The van der Waals surface area contributed by atoms with E-state index in [0.717, 1.165) is 24.0 Å². The van der Waals surface area contributed by atoms with Gasteiger partial charge in [-0.15, -0.1) is 0 Å². The summed E-state index contributed by atoms with van der Waals surface area (Å²) in [6.45, 7) is 8.42. The molecule has 1 aromatic rings. The summed E-state index contributed by atoms with van der Waals surface area (Å²) in [5.41, 5.74) is 3.39. The van der Waals surface area contributed by atoms with E-state index < -0.39 is 0 Å². The number of hydrogen-bond donors (Lipinski definition) is 0. The Hall–Kier alpha value is -1.57. The Morgan fingerprint density at radius 1 is 1.32 bits per heavy atom. The Kier molecular flexibility index (Phi) is 2.44. The molecule has 3 rings (SSSR count). The molecule has 100 valence electrons. The molecule has 0 radical (unpaired) electrons. The molecular formula is C17H20O2. The molecule has 1 aliphatic heterocycles. The van der Waals surface area contributed by atoms with Gasteiger partial charge in [-0.1, -0.05) is 19.1 Å². The van der Waals surface area contributed by atoms with Crippen LogP contribution in [0.15, 0.2) is 24.3 Å². The summed E-state index contributed by atoms with van der Waals surface area (Å²) in [4.78, 5) is 11.0. The monoisotopic (exact) mass is 256 g/mol. The average Bonchev–Trinajstić information content (AvgIpc) is 3.00. The lowest BCUT2D eigenvalue weighted by atomic mass is 9.90. The molecule has 2 heteroatoms. The highest BCUT2D eigenvalue weighted by Gasteiger charge is 2.51. The lowest BCUT2D eigenvalue weighted by Gasteiger charge is -2.31. The Morgan fingerprint density at radius 3 is 2.68 bits per heavy atom. The summed E-state index contributed by atoms with van der Waals surface area (Å²) >= 11 is 0. The van der Waals surface area contributed by atoms with E-state index in [-0.39, 0.29) is 16.9 Å². The summed E-state index contributed by atoms with van der Waals surface area (Å²) in [5.74, 6) is 1.11. The maximum Gasteiger partial charge on any atom is 0.128 e. The zero-order chi connectivity index (χ0) is 13.8. The van der Waals surface area contributed by atoms with Gasteiger partial charge in [-0.05, 0) is 50.5 Å². The number of rotatable bonds is 2. The number of hydrogen-bond acceptors (Lipinski definition) is 2.